The molecule has 0 atom stereocenters. The summed E-state index contributed by atoms with van der Waals surface area (Å²) in [6.07, 6.45) is 1.03. The first-order valence-corrected chi connectivity index (χ1v) is 7.68. The van der Waals surface area contributed by atoms with Crippen molar-refractivity contribution in [2.24, 2.45) is 0 Å². The molecule has 24 heavy (non-hydrogen) atoms. The number of aromatic nitrogens is 2. The van der Waals surface area contributed by atoms with Gasteiger partial charge in [0.1, 0.15) is 12.1 Å². The number of nitrogens with zero attached hydrogens (tertiary/aromatic N) is 2. The molecule has 2 aromatic carbocycles. The van der Waals surface area contributed by atoms with Crippen LogP contribution in [0.1, 0.15) is 12.5 Å². The number of carbonyl (C=O) groups is 1. The maximum absolute atomic E-state index is 11.6. The third-order valence-corrected chi connectivity index (χ3v) is 3.44. The van der Waals surface area contributed by atoms with E-state index in [4.69, 9.17) is 4.74 Å². The predicted octanol–water partition coefficient (Wildman–Crippen LogP) is 4.25. The van der Waals surface area contributed by atoms with Crippen LogP contribution < -0.4 is 10.6 Å². The van der Waals surface area contributed by atoms with Gasteiger partial charge in [-0.15, -0.1) is 0 Å². The van der Waals surface area contributed by atoms with Crippen molar-refractivity contribution in [1.29, 1.82) is 0 Å². The zero-order valence-electron chi connectivity index (χ0n) is 13.5. The van der Waals surface area contributed by atoms with Gasteiger partial charge >= 0.3 is 6.09 Å². The first kappa shape index (κ1) is 15.7. The van der Waals surface area contributed by atoms with Crippen molar-refractivity contribution >= 4 is 34.2 Å². The van der Waals surface area contributed by atoms with E-state index >= 15 is 0 Å². The largest absolute Gasteiger partial charge is 0.450 e. The van der Waals surface area contributed by atoms with Gasteiger partial charge in [-0.25, -0.2) is 14.8 Å². The number of amides is 1. The number of hydrogen-bond acceptors (Lipinski definition) is 5. The summed E-state index contributed by atoms with van der Waals surface area (Å²) in [6, 6.07) is 13.5. The van der Waals surface area contributed by atoms with Crippen LogP contribution in [0.15, 0.2) is 48.8 Å². The molecule has 1 heterocycles. The minimum Gasteiger partial charge on any atom is -0.450 e. The number of nitrogens with one attached hydrogen (secondary N) is 2. The molecule has 0 unspecified atom stereocenters. The van der Waals surface area contributed by atoms with Crippen molar-refractivity contribution in [3.8, 4) is 0 Å². The van der Waals surface area contributed by atoms with Crippen molar-refractivity contribution in [3.05, 3.63) is 54.4 Å². The van der Waals surface area contributed by atoms with Crippen LogP contribution >= 0.6 is 0 Å². The first-order valence-electron chi connectivity index (χ1n) is 7.68. The van der Waals surface area contributed by atoms with Crippen LogP contribution in [0.3, 0.4) is 0 Å². The zero-order valence-corrected chi connectivity index (χ0v) is 13.5. The molecule has 0 fully saturated rings. The highest BCUT2D eigenvalue weighted by atomic mass is 16.5. The molecule has 3 aromatic rings. The third kappa shape index (κ3) is 3.60. The Morgan fingerprint density at radius 3 is 2.79 bits per heavy atom. The zero-order chi connectivity index (χ0) is 16.9. The summed E-state index contributed by atoms with van der Waals surface area (Å²) in [5, 5.41) is 6.80. The second kappa shape index (κ2) is 6.95. The molecule has 1 amide bonds. The lowest BCUT2D eigenvalue weighted by molar-refractivity contribution is 0.168. The number of anilines is 3. The summed E-state index contributed by atoms with van der Waals surface area (Å²) in [5.74, 6) is 0.679. The molecule has 6 nitrogen and oxygen atoms in total. The maximum atomic E-state index is 11.6. The third-order valence-electron chi connectivity index (χ3n) is 3.44. The van der Waals surface area contributed by atoms with E-state index in [-0.39, 0.29) is 0 Å². The Morgan fingerprint density at radius 1 is 1.12 bits per heavy atom. The summed E-state index contributed by atoms with van der Waals surface area (Å²) in [6.45, 7) is 4.12. The van der Waals surface area contributed by atoms with Crippen LogP contribution in [0.5, 0.6) is 0 Å². The molecule has 6 heteroatoms. The SMILES string of the molecule is CCOC(=O)Nc1ccc2ncnc(Nc3cccc(C)c3)c2c1. The van der Waals surface area contributed by atoms with Crippen molar-refractivity contribution in [2.45, 2.75) is 13.8 Å². The second-order valence-electron chi connectivity index (χ2n) is 5.29. The quantitative estimate of drug-likeness (QED) is 0.751. The Hall–Kier alpha value is -3.15. The standard InChI is InChI=1S/C18H18N4O2/c1-3-24-18(23)22-14-7-8-16-15(10-14)17(20-11-19-16)21-13-6-4-5-12(2)9-13/h4-11H,3H2,1-2H3,(H,22,23)(H,19,20,21). The average Bonchev–Trinajstić information content (AvgIpc) is 2.56. The van der Waals surface area contributed by atoms with Crippen molar-refractivity contribution in [2.75, 3.05) is 17.2 Å². The fourth-order valence-corrected chi connectivity index (χ4v) is 2.38. The van der Waals surface area contributed by atoms with E-state index in [9.17, 15) is 4.79 Å². The van der Waals surface area contributed by atoms with Crippen molar-refractivity contribution in [3.63, 3.8) is 0 Å². The van der Waals surface area contributed by atoms with Gasteiger partial charge in [0.25, 0.3) is 0 Å². The van der Waals surface area contributed by atoms with E-state index < -0.39 is 6.09 Å². The fraction of sp³-hybridized carbons (Fsp3) is 0.167. The number of benzene rings is 2. The van der Waals surface area contributed by atoms with Gasteiger partial charge < -0.3 is 10.1 Å². The lowest BCUT2D eigenvalue weighted by Crippen LogP contribution is -2.13. The lowest BCUT2D eigenvalue weighted by Gasteiger charge is -2.11. The fourth-order valence-electron chi connectivity index (χ4n) is 2.38. The van der Waals surface area contributed by atoms with Gasteiger partial charge in [-0.1, -0.05) is 12.1 Å². The van der Waals surface area contributed by atoms with E-state index in [0.29, 0.717) is 18.1 Å². The van der Waals surface area contributed by atoms with Gasteiger partial charge in [0.05, 0.1) is 12.1 Å². The average molecular weight is 322 g/mol. The molecule has 0 saturated carbocycles. The summed E-state index contributed by atoms with van der Waals surface area (Å²) < 4.78 is 4.90. The molecule has 0 radical (unpaired) electrons. The number of carbonyl (C=O) groups excluding carboxylic acids is 1. The number of hydrogen-bond donors (Lipinski definition) is 2. The molecule has 0 bridgehead atoms. The number of fused-ring (bicyclic) bond motifs is 1. The van der Waals surface area contributed by atoms with Gasteiger partial charge in [-0.3, -0.25) is 5.32 Å². The van der Waals surface area contributed by atoms with E-state index in [0.717, 1.165) is 22.2 Å². The molecule has 1 aromatic heterocycles. The van der Waals surface area contributed by atoms with Crippen LogP contribution in [0.25, 0.3) is 10.9 Å². The molecule has 0 spiro atoms. The summed E-state index contributed by atoms with van der Waals surface area (Å²) in [4.78, 5) is 20.2. The molecule has 3 rings (SSSR count). The Labute approximate surface area is 139 Å². The molecular formula is C18H18N4O2. The molecule has 0 saturated heterocycles. The van der Waals surface area contributed by atoms with Crippen molar-refractivity contribution < 1.29 is 9.53 Å². The maximum Gasteiger partial charge on any atom is 0.411 e. The highest BCUT2D eigenvalue weighted by Crippen LogP contribution is 2.26. The van der Waals surface area contributed by atoms with Crippen LogP contribution in [0.2, 0.25) is 0 Å². The number of ether oxygens (including phenoxy) is 1. The van der Waals surface area contributed by atoms with Crippen molar-refractivity contribution in [1.82, 2.24) is 9.97 Å². The number of aryl methyl sites for hydroxylation is 1. The van der Waals surface area contributed by atoms with E-state index in [1.54, 1.807) is 13.0 Å². The first-order chi connectivity index (χ1) is 11.7. The summed E-state index contributed by atoms with van der Waals surface area (Å²) in [5.41, 5.74) is 3.51. The second-order valence-corrected chi connectivity index (χ2v) is 5.29. The van der Waals surface area contributed by atoms with Gasteiger partial charge in [-0.2, -0.15) is 0 Å². The molecule has 0 aliphatic carbocycles. The minimum absolute atomic E-state index is 0.322. The lowest BCUT2D eigenvalue weighted by atomic mass is 10.2. The minimum atomic E-state index is -0.484. The summed E-state index contributed by atoms with van der Waals surface area (Å²) in [7, 11) is 0. The highest BCUT2D eigenvalue weighted by molar-refractivity contribution is 5.95. The van der Waals surface area contributed by atoms with Crippen LogP contribution in [0.4, 0.5) is 22.0 Å². The van der Waals surface area contributed by atoms with Crippen LogP contribution in [0, 0.1) is 6.92 Å². The molecular weight excluding hydrogens is 304 g/mol. The summed E-state index contributed by atoms with van der Waals surface area (Å²) >= 11 is 0. The smallest absolute Gasteiger partial charge is 0.411 e. The Kier molecular flexibility index (Phi) is 4.56. The van der Waals surface area contributed by atoms with Crippen LogP contribution in [-0.4, -0.2) is 22.7 Å². The van der Waals surface area contributed by atoms with Gasteiger partial charge in [0.2, 0.25) is 0 Å². The normalized spacial score (nSPS) is 10.4. The Bertz CT molecular complexity index is 880. The number of rotatable bonds is 4. The Balaban J connectivity index is 1.94. The van der Waals surface area contributed by atoms with Gasteiger partial charge in [0.15, 0.2) is 0 Å². The monoisotopic (exact) mass is 322 g/mol. The Morgan fingerprint density at radius 2 is 2.00 bits per heavy atom. The van der Waals surface area contributed by atoms with Crippen LogP contribution in [-0.2, 0) is 4.74 Å². The van der Waals surface area contributed by atoms with Gasteiger partial charge in [-0.05, 0) is 49.7 Å². The topological polar surface area (TPSA) is 76.1 Å². The molecule has 0 aliphatic heterocycles. The van der Waals surface area contributed by atoms with Gasteiger partial charge in [0, 0.05) is 16.8 Å². The van der Waals surface area contributed by atoms with E-state index in [2.05, 4.69) is 20.6 Å². The highest BCUT2D eigenvalue weighted by Gasteiger charge is 2.08. The molecule has 2 N–H and O–H groups in total. The van der Waals surface area contributed by atoms with E-state index in [1.165, 1.54) is 6.33 Å². The van der Waals surface area contributed by atoms with E-state index in [1.807, 2.05) is 43.3 Å². The predicted molar refractivity (Wildman–Crippen MR) is 94.6 cm³/mol. The molecule has 122 valence electrons. The molecule has 0 aliphatic rings.